The molecule has 13 heteroatoms. The highest BCUT2D eigenvalue weighted by Gasteiger charge is 2.14. The lowest BCUT2D eigenvalue weighted by Gasteiger charge is -2.10. The van der Waals surface area contributed by atoms with Crippen LogP contribution < -0.4 is 23.9 Å². The highest BCUT2D eigenvalue weighted by Crippen LogP contribution is 2.32. The average molecular weight is 578 g/mol. The summed E-state index contributed by atoms with van der Waals surface area (Å²) >= 11 is 0. The highest BCUT2D eigenvalue weighted by atomic mass is 16.5. The molecule has 2 aromatic heterocycles. The number of hydrogen-bond donors (Lipinski definition) is 1. The van der Waals surface area contributed by atoms with E-state index in [1.54, 1.807) is 40.8 Å². The summed E-state index contributed by atoms with van der Waals surface area (Å²) in [5.74, 6) is 2.65. The maximum absolute atomic E-state index is 5.56. The smallest absolute Gasteiger partial charge is 0.403 e. The van der Waals surface area contributed by atoms with Gasteiger partial charge in [0.25, 0.3) is 0 Å². The molecule has 4 aromatic rings. The number of rotatable bonds is 13. The van der Waals surface area contributed by atoms with Crippen molar-refractivity contribution in [3.63, 3.8) is 0 Å². The van der Waals surface area contributed by atoms with Crippen LogP contribution in [-0.2, 0) is 34.6 Å². The first-order valence-electron chi connectivity index (χ1n) is 13.1. The number of hydrogen-bond acceptors (Lipinski definition) is 9. The highest BCUT2D eigenvalue weighted by molar-refractivity contribution is 5.60. The van der Waals surface area contributed by atoms with Gasteiger partial charge in [-0.05, 0) is 59.3 Å². The van der Waals surface area contributed by atoms with E-state index in [1.807, 2.05) is 63.1 Å². The van der Waals surface area contributed by atoms with Crippen LogP contribution in [0.4, 0.5) is 29.0 Å². The lowest BCUT2D eigenvalue weighted by molar-refractivity contribution is -0.659. The summed E-state index contributed by atoms with van der Waals surface area (Å²) in [6.07, 6.45) is 7.56. The van der Waals surface area contributed by atoms with Gasteiger partial charge in [0.15, 0.2) is 0 Å². The minimum atomic E-state index is 0. The number of ether oxygens (including phenoxy) is 2. The Morgan fingerprint density at radius 1 is 0.738 bits per heavy atom. The van der Waals surface area contributed by atoms with E-state index in [4.69, 9.17) is 9.47 Å². The summed E-state index contributed by atoms with van der Waals surface area (Å²) in [6.45, 7) is 0.864. The third-order valence-corrected chi connectivity index (χ3v) is 6.40. The maximum Gasteiger partial charge on any atom is 0.403 e. The molecule has 0 aliphatic heterocycles. The average Bonchev–Trinajstić information content (AvgIpc) is 3.46. The molecule has 0 aliphatic rings. The van der Waals surface area contributed by atoms with E-state index >= 15 is 0 Å². The molecule has 0 fully saturated rings. The zero-order chi connectivity index (χ0) is 28.5. The minimum Gasteiger partial charge on any atom is -0.494 e. The Labute approximate surface area is 248 Å². The summed E-state index contributed by atoms with van der Waals surface area (Å²) in [4.78, 5) is 0. The van der Waals surface area contributed by atoms with Crippen molar-refractivity contribution < 1.29 is 18.6 Å². The number of methoxy groups -OCH3 is 2. The van der Waals surface area contributed by atoms with Crippen molar-refractivity contribution >= 4 is 29.0 Å². The van der Waals surface area contributed by atoms with E-state index < -0.39 is 0 Å². The van der Waals surface area contributed by atoms with Crippen molar-refractivity contribution in [1.29, 1.82) is 0 Å². The molecule has 226 valence electrons. The Morgan fingerprint density at radius 3 is 1.81 bits per heavy atom. The number of benzene rings is 2. The summed E-state index contributed by atoms with van der Waals surface area (Å²) < 4.78 is 18.0. The Bertz CT molecular complexity index is 1340. The molecule has 13 nitrogen and oxygen atoms in total. The van der Waals surface area contributed by atoms with Crippen LogP contribution in [0.15, 0.2) is 69.5 Å². The van der Waals surface area contributed by atoms with Gasteiger partial charge in [0, 0.05) is 28.5 Å². The largest absolute Gasteiger partial charge is 0.494 e. The normalized spacial score (nSPS) is 11.0. The number of aromatic nitrogens is 6. The molecule has 0 saturated heterocycles. The second-order valence-corrected chi connectivity index (χ2v) is 9.36. The SMILES string of the molecule is COc1cc(CCCCCNc2ccc(N=Nc3n(C)nc[n+]3C)c(OC)c2)ccc1N=Nc1n(C)nc[n+]1C.[CH3-].[CH3-]. The number of aryl methyl sites for hydroxylation is 5. The number of nitrogens with one attached hydrogen (secondary N) is 1. The van der Waals surface area contributed by atoms with Gasteiger partial charge < -0.3 is 29.6 Å². The van der Waals surface area contributed by atoms with Gasteiger partial charge in [0.1, 0.15) is 22.9 Å². The first-order valence-corrected chi connectivity index (χ1v) is 13.1. The van der Waals surface area contributed by atoms with Gasteiger partial charge in [-0.3, -0.25) is 0 Å². The molecule has 0 aliphatic carbocycles. The maximum atomic E-state index is 5.56. The topological polar surface area (TPSA) is 123 Å². The number of azo groups is 2. The monoisotopic (exact) mass is 577 g/mol. The first kappa shape index (κ1) is 33.5. The second-order valence-electron chi connectivity index (χ2n) is 9.36. The van der Waals surface area contributed by atoms with Gasteiger partial charge in [-0.25, -0.2) is 9.13 Å². The Balaban J connectivity index is 0.00000308. The van der Waals surface area contributed by atoms with Crippen LogP contribution >= 0.6 is 0 Å². The summed E-state index contributed by atoms with van der Waals surface area (Å²) in [5.41, 5.74) is 3.54. The molecule has 2 aromatic carbocycles. The van der Waals surface area contributed by atoms with Gasteiger partial charge in [0.05, 0.1) is 42.4 Å². The molecule has 0 saturated carbocycles. The third kappa shape index (κ3) is 8.41. The Kier molecular flexibility index (Phi) is 12.7. The van der Waals surface area contributed by atoms with Crippen LogP contribution in [0.25, 0.3) is 0 Å². The van der Waals surface area contributed by atoms with Crippen LogP contribution in [0, 0.1) is 14.9 Å². The molecular weight excluding hydrogens is 534 g/mol. The number of nitrogens with zero attached hydrogens (tertiary/aromatic N) is 10. The lowest BCUT2D eigenvalue weighted by Crippen LogP contribution is -2.25. The molecule has 4 rings (SSSR count). The van der Waals surface area contributed by atoms with Crippen molar-refractivity contribution in [3.8, 4) is 11.5 Å². The van der Waals surface area contributed by atoms with Crippen molar-refractivity contribution in [1.82, 2.24) is 19.6 Å². The van der Waals surface area contributed by atoms with Gasteiger partial charge in [0.2, 0.25) is 12.7 Å². The molecule has 42 heavy (non-hydrogen) atoms. The van der Waals surface area contributed by atoms with E-state index in [0.29, 0.717) is 34.8 Å². The number of unbranched alkanes of at least 4 members (excludes halogenated alkanes) is 2. The van der Waals surface area contributed by atoms with Crippen molar-refractivity contribution in [2.45, 2.75) is 25.7 Å². The molecule has 0 unspecified atom stereocenters. The summed E-state index contributed by atoms with van der Waals surface area (Å²) in [5, 5.41) is 29.1. The zero-order valence-electron chi connectivity index (χ0n) is 25.9. The summed E-state index contributed by atoms with van der Waals surface area (Å²) in [6, 6.07) is 11.9. The molecule has 0 spiro atoms. The molecule has 0 amide bonds. The van der Waals surface area contributed by atoms with E-state index in [2.05, 4.69) is 42.0 Å². The van der Waals surface area contributed by atoms with Crippen molar-refractivity contribution in [3.05, 3.63) is 69.5 Å². The van der Waals surface area contributed by atoms with Gasteiger partial charge in [-0.1, -0.05) is 22.7 Å². The molecule has 1 N–H and O–H groups in total. The second kappa shape index (κ2) is 15.9. The van der Waals surface area contributed by atoms with Crippen molar-refractivity contribution in [2.75, 3.05) is 26.1 Å². The Morgan fingerprint density at radius 2 is 1.29 bits per heavy atom. The standard InChI is InChI=1S/C27H36N11O2.2CH3/c1-35-18-29-37(3)26(35)33-31-22-13-11-20(16-24(22)39-5)10-8-7-9-15-28-21-12-14-23(25(17-21)40-6)32-34-27-36(2)19-30-38(27)4;;/h11-14,16-19H,7-10,15H2,1-6H3;2*1H3/q+1;2*-1/p+1. The fourth-order valence-corrected chi connectivity index (χ4v) is 4.13. The number of anilines is 1. The molecule has 0 bridgehead atoms. The van der Waals surface area contributed by atoms with Gasteiger partial charge in [-0.15, -0.1) is 9.36 Å². The van der Waals surface area contributed by atoms with E-state index in [9.17, 15) is 0 Å². The summed E-state index contributed by atoms with van der Waals surface area (Å²) in [7, 11) is 10.7. The zero-order valence-corrected chi connectivity index (χ0v) is 25.9. The molecule has 0 atom stereocenters. The fourth-order valence-electron chi connectivity index (χ4n) is 4.13. The predicted molar refractivity (Wildman–Crippen MR) is 162 cm³/mol. The van der Waals surface area contributed by atoms with Gasteiger partial charge >= 0.3 is 11.9 Å². The lowest BCUT2D eigenvalue weighted by atomic mass is 10.1. The van der Waals surface area contributed by atoms with E-state index in [0.717, 1.165) is 37.9 Å². The quantitative estimate of drug-likeness (QED) is 0.0990. The molecule has 0 radical (unpaired) electrons. The molecular formula is C29H43N11O2. The van der Waals surface area contributed by atoms with Crippen LogP contribution in [0.2, 0.25) is 0 Å². The first-order chi connectivity index (χ1) is 19.4. The minimum absolute atomic E-state index is 0. The van der Waals surface area contributed by atoms with Crippen LogP contribution in [0.1, 0.15) is 24.8 Å². The fraction of sp³-hybridized carbons (Fsp3) is 0.379. The van der Waals surface area contributed by atoms with Crippen LogP contribution in [-0.4, -0.2) is 40.3 Å². The predicted octanol–water partition coefficient (Wildman–Crippen LogP) is 5.38. The Hall–Kier alpha value is -4.68. The third-order valence-electron chi connectivity index (χ3n) is 6.40. The van der Waals surface area contributed by atoms with Crippen LogP contribution in [0.3, 0.4) is 0 Å². The van der Waals surface area contributed by atoms with Crippen molar-refractivity contribution in [2.24, 2.45) is 48.6 Å². The van der Waals surface area contributed by atoms with E-state index in [-0.39, 0.29) is 14.9 Å². The molecule has 2 heterocycles. The van der Waals surface area contributed by atoms with E-state index in [1.165, 1.54) is 5.56 Å². The van der Waals surface area contributed by atoms with Crippen LogP contribution in [0.5, 0.6) is 11.5 Å². The van der Waals surface area contributed by atoms with Gasteiger partial charge in [-0.2, -0.15) is 0 Å².